The molecule has 0 aliphatic carbocycles. The van der Waals surface area contributed by atoms with E-state index in [-0.39, 0.29) is 29.7 Å². The molecule has 2 heterocycles. The number of rotatable bonds is 8. The molecule has 2 amide bonds. The van der Waals surface area contributed by atoms with Crippen LogP contribution in [-0.2, 0) is 26.2 Å². The van der Waals surface area contributed by atoms with E-state index < -0.39 is 10.0 Å². The highest BCUT2D eigenvalue weighted by Crippen LogP contribution is 2.21. The van der Waals surface area contributed by atoms with Crippen LogP contribution in [-0.4, -0.2) is 38.3 Å². The topological polar surface area (TPSA) is 108 Å². The second kappa shape index (κ2) is 8.94. The van der Waals surface area contributed by atoms with Crippen LogP contribution >= 0.6 is 0 Å². The number of benzene rings is 1. The van der Waals surface area contributed by atoms with Gasteiger partial charge >= 0.3 is 0 Å². The molecule has 9 heteroatoms. The molecular weight excluding hydrogens is 380 g/mol. The molecule has 1 aliphatic rings. The van der Waals surface area contributed by atoms with Crippen molar-refractivity contribution in [3.63, 3.8) is 0 Å². The van der Waals surface area contributed by atoms with Gasteiger partial charge in [-0.3, -0.25) is 14.6 Å². The van der Waals surface area contributed by atoms with E-state index in [1.54, 1.807) is 4.90 Å². The Morgan fingerprint density at radius 2 is 1.96 bits per heavy atom. The third-order valence-corrected chi connectivity index (χ3v) is 5.85. The lowest BCUT2D eigenvalue weighted by Crippen LogP contribution is -2.30. The van der Waals surface area contributed by atoms with Crippen LogP contribution in [0.3, 0.4) is 0 Å². The van der Waals surface area contributed by atoms with Gasteiger partial charge in [0.2, 0.25) is 21.8 Å². The van der Waals surface area contributed by atoms with E-state index in [0.717, 1.165) is 24.2 Å². The summed E-state index contributed by atoms with van der Waals surface area (Å²) in [6, 6.07) is 10.4. The minimum absolute atomic E-state index is 0.000922. The summed E-state index contributed by atoms with van der Waals surface area (Å²) in [5.74, 6) is -0.123. The normalized spacial score (nSPS) is 14.3. The number of aromatic nitrogens is 1. The van der Waals surface area contributed by atoms with Crippen LogP contribution in [0.15, 0.2) is 53.7 Å². The van der Waals surface area contributed by atoms with Crippen LogP contribution in [0.4, 0.5) is 5.69 Å². The Morgan fingerprint density at radius 1 is 1.18 bits per heavy atom. The van der Waals surface area contributed by atoms with Crippen LogP contribution in [0.25, 0.3) is 0 Å². The largest absolute Gasteiger partial charge is 0.352 e. The highest BCUT2D eigenvalue weighted by atomic mass is 32.2. The van der Waals surface area contributed by atoms with Crippen molar-refractivity contribution in [1.82, 2.24) is 15.0 Å². The Bertz CT molecular complexity index is 930. The molecule has 2 N–H and O–H groups in total. The summed E-state index contributed by atoms with van der Waals surface area (Å²) in [6.45, 7) is 1.07. The van der Waals surface area contributed by atoms with Crippen molar-refractivity contribution >= 4 is 27.5 Å². The summed E-state index contributed by atoms with van der Waals surface area (Å²) < 4.78 is 26.5. The fourth-order valence-corrected chi connectivity index (χ4v) is 3.89. The average Bonchev–Trinajstić information content (AvgIpc) is 3.13. The van der Waals surface area contributed by atoms with Gasteiger partial charge in [-0.25, -0.2) is 13.1 Å². The van der Waals surface area contributed by atoms with Crippen molar-refractivity contribution in [1.29, 1.82) is 0 Å². The summed E-state index contributed by atoms with van der Waals surface area (Å²) >= 11 is 0. The van der Waals surface area contributed by atoms with Gasteiger partial charge in [-0.1, -0.05) is 12.1 Å². The molecular formula is C19H22N4O4S. The molecule has 1 aliphatic heterocycles. The van der Waals surface area contributed by atoms with E-state index in [4.69, 9.17) is 0 Å². The first-order chi connectivity index (χ1) is 13.5. The van der Waals surface area contributed by atoms with Gasteiger partial charge in [0, 0.05) is 50.6 Å². The molecule has 1 saturated heterocycles. The van der Waals surface area contributed by atoms with Crippen LogP contribution in [0.2, 0.25) is 0 Å². The average molecular weight is 402 g/mol. The Labute approximate surface area is 164 Å². The molecule has 1 fully saturated rings. The number of nitrogens with one attached hydrogen (secondary N) is 2. The van der Waals surface area contributed by atoms with Crippen LogP contribution in [0.5, 0.6) is 0 Å². The van der Waals surface area contributed by atoms with E-state index in [1.165, 1.54) is 24.5 Å². The predicted molar refractivity (Wildman–Crippen MR) is 104 cm³/mol. The number of pyridine rings is 1. The third kappa shape index (κ3) is 5.14. The maximum atomic E-state index is 12.0. The Balaban J connectivity index is 1.42. The SMILES string of the molecule is O=C(CCNS(=O)(=O)c1cccnc1)NCc1ccc(N2CCCC2=O)cc1. The van der Waals surface area contributed by atoms with Crippen molar-refractivity contribution in [2.24, 2.45) is 0 Å². The van der Waals surface area contributed by atoms with Crippen molar-refractivity contribution < 1.29 is 18.0 Å². The number of amides is 2. The number of anilines is 1. The van der Waals surface area contributed by atoms with Gasteiger partial charge in [0.1, 0.15) is 4.90 Å². The molecule has 0 spiro atoms. The lowest BCUT2D eigenvalue weighted by atomic mass is 10.2. The molecule has 0 saturated carbocycles. The lowest BCUT2D eigenvalue weighted by molar-refractivity contribution is -0.121. The molecule has 1 aromatic heterocycles. The molecule has 3 rings (SSSR count). The predicted octanol–water partition coefficient (Wildman–Crippen LogP) is 1.19. The van der Waals surface area contributed by atoms with Gasteiger partial charge in [0.25, 0.3) is 0 Å². The molecule has 0 bridgehead atoms. The summed E-state index contributed by atoms with van der Waals surface area (Å²) in [5.41, 5.74) is 1.77. The molecule has 28 heavy (non-hydrogen) atoms. The fourth-order valence-electron chi connectivity index (χ4n) is 2.89. The van der Waals surface area contributed by atoms with Crippen molar-refractivity contribution in [2.45, 2.75) is 30.7 Å². The monoisotopic (exact) mass is 402 g/mol. The van der Waals surface area contributed by atoms with Crippen molar-refractivity contribution in [2.75, 3.05) is 18.0 Å². The molecule has 0 atom stereocenters. The van der Waals surface area contributed by atoms with E-state index in [2.05, 4.69) is 15.0 Å². The highest BCUT2D eigenvalue weighted by molar-refractivity contribution is 7.89. The molecule has 1 aromatic carbocycles. The van der Waals surface area contributed by atoms with E-state index >= 15 is 0 Å². The van der Waals surface area contributed by atoms with E-state index in [1.807, 2.05) is 24.3 Å². The maximum Gasteiger partial charge on any atom is 0.242 e. The van der Waals surface area contributed by atoms with Crippen LogP contribution in [0, 0.1) is 0 Å². The first-order valence-corrected chi connectivity index (χ1v) is 10.5. The summed E-state index contributed by atoms with van der Waals surface area (Å²) in [6.07, 6.45) is 4.23. The summed E-state index contributed by atoms with van der Waals surface area (Å²) in [5, 5.41) is 2.76. The Morgan fingerprint density at radius 3 is 2.61 bits per heavy atom. The quantitative estimate of drug-likeness (QED) is 0.690. The van der Waals surface area contributed by atoms with Crippen LogP contribution in [0.1, 0.15) is 24.8 Å². The number of nitrogens with zero attached hydrogens (tertiary/aromatic N) is 2. The number of hydrogen-bond donors (Lipinski definition) is 2. The molecule has 0 unspecified atom stereocenters. The van der Waals surface area contributed by atoms with Gasteiger partial charge in [-0.15, -0.1) is 0 Å². The second-order valence-corrected chi connectivity index (χ2v) is 8.20. The molecule has 2 aromatic rings. The van der Waals surface area contributed by atoms with Gasteiger partial charge in [-0.2, -0.15) is 0 Å². The lowest BCUT2D eigenvalue weighted by Gasteiger charge is -2.16. The minimum Gasteiger partial charge on any atom is -0.352 e. The highest BCUT2D eigenvalue weighted by Gasteiger charge is 2.21. The van der Waals surface area contributed by atoms with E-state index in [0.29, 0.717) is 13.0 Å². The summed E-state index contributed by atoms with van der Waals surface area (Å²) in [7, 11) is -3.67. The van der Waals surface area contributed by atoms with Gasteiger partial charge in [0.15, 0.2) is 0 Å². The fraction of sp³-hybridized carbons (Fsp3) is 0.316. The van der Waals surface area contributed by atoms with Gasteiger partial charge in [0.05, 0.1) is 0 Å². The smallest absolute Gasteiger partial charge is 0.242 e. The second-order valence-electron chi connectivity index (χ2n) is 6.43. The number of sulfonamides is 1. The number of carbonyl (C=O) groups is 2. The maximum absolute atomic E-state index is 12.0. The Hall–Kier alpha value is -2.78. The van der Waals surface area contributed by atoms with Crippen molar-refractivity contribution in [3.05, 3.63) is 54.4 Å². The van der Waals surface area contributed by atoms with Gasteiger partial charge in [-0.05, 0) is 36.2 Å². The standard InChI is InChI=1S/C19H22N4O4S/c24-18(9-11-22-28(26,27)17-3-1-10-20-14-17)21-13-15-5-7-16(8-6-15)23-12-2-4-19(23)25/h1,3,5-8,10,14,22H,2,4,9,11-13H2,(H,21,24). The minimum atomic E-state index is -3.67. The molecule has 8 nitrogen and oxygen atoms in total. The Kier molecular flexibility index (Phi) is 6.37. The molecule has 148 valence electrons. The van der Waals surface area contributed by atoms with Crippen LogP contribution < -0.4 is 14.9 Å². The zero-order chi connectivity index (χ0) is 20.0. The van der Waals surface area contributed by atoms with Crippen molar-refractivity contribution in [3.8, 4) is 0 Å². The first kappa shape index (κ1) is 20.0. The molecule has 0 radical (unpaired) electrons. The van der Waals surface area contributed by atoms with Gasteiger partial charge < -0.3 is 10.2 Å². The zero-order valence-corrected chi connectivity index (χ0v) is 16.1. The zero-order valence-electron chi connectivity index (χ0n) is 15.3. The first-order valence-electron chi connectivity index (χ1n) is 9.01. The third-order valence-electron chi connectivity index (χ3n) is 4.40. The number of hydrogen-bond acceptors (Lipinski definition) is 5. The summed E-state index contributed by atoms with van der Waals surface area (Å²) in [4.78, 5) is 29.3. The van der Waals surface area contributed by atoms with E-state index in [9.17, 15) is 18.0 Å². The number of carbonyl (C=O) groups excluding carboxylic acids is 2.